The Morgan fingerprint density at radius 3 is 2.75 bits per heavy atom. The zero-order valence-electron chi connectivity index (χ0n) is 9.57. The maximum absolute atomic E-state index is 9.19. The summed E-state index contributed by atoms with van der Waals surface area (Å²) in [5, 5.41) is 12.7. The van der Waals surface area contributed by atoms with Gasteiger partial charge in [-0.05, 0) is 5.92 Å². The van der Waals surface area contributed by atoms with Crippen molar-refractivity contribution in [1.29, 1.82) is 0 Å². The van der Waals surface area contributed by atoms with Crippen molar-refractivity contribution in [3.8, 4) is 6.01 Å². The van der Waals surface area contributed by atoms with Crippen LogP contribution in [-0.2, 0) is 0 Å². The second-order valence-corrected chi connectivity index (χ2v) is 4.14. The maximum atomic E-state index is 9.19. The smallest absolute Gasteiger partial charge is 0.318 e. The first-order valence-corrected chi connectivity index (χ1v) is 5.40. The largest absolute Gasteiger partial charge is 0.467 e. The summed E-state index contributed by atoms with van der Waals surface area (Å²) in [4.78, 5) is 7.94. The number of aromatic nitrogens is 2. The fourth-order valence-corrected chi connectivity index (χ4v) is 1.29. The van der Waals surface area contributed by atoms with E-state index in [0.717, 1.165) is 0 Å². The van der Waals surface area contributed by atoms with Crippen LogP contribution in [-0.4, -0.2) is 34.8 Å². The summed E-state index contributed by atoms with van der Waals surface area (Å²) in [6, 6.07) is 0.143. The number of hydrogen-bond donors (Lipinski definition) is 2. The molecule has 1 aromatic rings. The molecule has 0 aliphatic carbocycles. The lowest BCUT2D eigenvalue weighted by Crippen LogP contribution is -2.30. The molecule has 1 atom stereocenters. The van der Waals surface area contributed by atoms with Gasteiger partial charge in [-0.15, -0.1) is 0 Å². The lowest BCUT2D eigenvalue weighted by Gasteiger charge is -2.21. The van der Waals surface area contributed by atoms with Crippen LogP contribution in [0.1, 0.15) is 13.8 Å². The Morgan fingerprint density at radius 1 is 1.56 bits per heavy atom. The molecular weight excluding hydrogens is 230 g/mol. The number of methoxy groups -OCH3 is 1. The summed E-state index contributed by atoms with van der Waals surface area (Å²) in [6.07, 6.45) is 1.46. The van der Waals surface area contributed by atoms with Crippen molar-refractivity contribution in [2.45, 2.75) is 19.9 Å². The van der Waals surface area contributed by atoms with E-state index in [1.807, 2.05) is 13.8 Å². The van der Waals surface area contributed by atoms with Gasteiger partial charge in [-0.2, -0.15) is 4.98 Å². The summed E-state index contributed by atoms with van der Waals surface area (Å²) in [7, 11) is 1.49. The van der Waals surface area contributed by atoms with Crippen LogP contribution in [0.4, 0.5) is 5.82 Å². The van der Waals surface area contributed by atoms with Crippen molar-refractivity contribution >= 4 is 17.4 Å². The molecule has 0 radical (unpaired) electrons. The summed E-state index contributed by atoms with van der Waals surface area (Å²) in [6.45, 7) is 4.01. The Kier molecular flexibility index (Phi) is 4.76. The first-order chi connectivity index (χ1) is 7.58. The fourth-order valence-electron chi connectivity index (χ4n) is 1.15. The van der Waals surface area contributed by atoms with E-state index in [2.05, 4.69) is 15.3 Å². The van der Waals surface area contributed by atoms with E-state index in [4.69, 9.17) is 16.3 Å². The molecule has 6 heteroatoms. The molecule has 1 aromatic heterocycles. The van der Waals surface area contributed by atoms with Gasteiger partial charge in [-0.1, -0.05) is 25.4 Å². The molecule has 0 aromatic carbocycles. The van der Waals surface area contributed by atoms with Gasteiger partial charge >= 0.3 is 6.01 Å². The van der Waals surface area contributed by atoms with Crippen LogP contribution in [0, 0.1) is 5.92 Å². The first-order valence-electron chi connectivity index (χ1n) is 5.02. The molecule has 0 amide bonds. The number of hydrogen-bond acceptors (Lipinski definition) is 5. The summed E-state index contributed by atoms with van der Waals surface area (Å²) < 4.78 is 4.90. The van der Waals surface area contributed by atoms with Crippen molar-refractivity contribution in [1.82, 2.24) is 9.97 Å². The van der Waals surface area contributed by atoms with Crippen molar-refractivity contribution in [2.75, 3.05) is 19.0 Å². The van der Waals surface area contributed by atoms with Gasteiger partial charge in [0.05, 0.1) is 26.0 Å². The van der Waals surface area contributed by atoms with E-state index < -0.39 is 0 Å². The van der Waals surface area contributed by atoms with Crippen LogP contribution in [0.25, 0.3) is 0 Å². The molecule has 16 heavy (non-hydrogen) atoms. The standard InChI is InChI=1S/C10H16ClN3O2/c1-6(2)8(5-15)13-9-7(11)4-12-10(14-9)16-3/h4,6,8,15H,5H2,1-3H3,(H,12,13,14). The highest BCUT2D eigenvalue weighted by atomic mass is 35.5. The average molecular weight is 246 g/mol. The first kappa shape index (κ1) is 13.0. The van der Waals surface area contributed by atoms with E-state index in [-0.39, 0.29) is 24.6 Å². The van der Waals surface area contributed by atoms with Crippen LogP contribution in [0.5, 0.6) is 6.01 Å². The van der Waals surface area contributed by atoms with E-state index in [0.29, 0.717) is 10.8 Å². The number of anilines is 1. The van der Waals surface area contributed by atoms with Gasteiger partial charge in [0.1, 0.15) is 5.02 Å². The molecule has 0 aliphatic heterocycles. The van der Waals surface area contributed by atoms with Crippen LogP contribution in [0.2, 0.25) is 5.02 Å². The van der Waals surface area contributed by atoms with E-state index in [1.54, 1.807) is 0 Å². The van der Waals surface area contributed by atoms with Crippen LogP contribution in [0.15, 0.2) is 6.20 Å². The maximum Gasteiger partial charge on any atom is 0.318 e. The number of aliphatic hydroxyl groups excluding tert-OH is 1. The number of rotatable bonds is 5. The van der Waals surface area contributed by atoms with Gasteiger partial charge in [0, 0.05) is 0 Å². The molecule has 0 aliphatic rings. The minimum absolute atomic E-state index is 0.0142. The molecule has 0 saturated carbocycles. The van der Waals surface area contributed by atoms with Gasteiger partial charge < -0.3 is 15.2 Å². The second-order valence-electron chi connectivity index (χ2n) is 3.73. The van der Waals surface area contributed by atoms with Crippen molar-refractivity contribution in [3.63, 3.8) is 0 Å². The molecule has 0 spiro atoms. The van der Waals surface area contributed by atoms with Crippen molar-refractivity contribution in [3.05, 3.63) is 11.2 Å². The zero-order chi connectivity index (χ0) is 12.1. The topological polar surface area (TPSA) is 67.3 Å². The minimum atomic E-state index is -0.0999. The highest BCUT2D eigenvalue weighted by Gasteiger charge is 2.15. The highest BCUT2D eigenvalue weighted by molar-refractivity contribution is 6.32. The van der Waals surface area contributed by atoms with E-state index >= 15 is 0 Å². The molecule has 5 nitrogen and oxygen atoms in total. The molecule has 90 valence electrons. The highest BCUT2D eigenvalue weighted by Crippen LogP contribution is 2.22. The van der Waals surface area contributed by atoms with E-state index in [1.165, 1.54) is 13.3 Å². The second kappa shape index (κ2) is 5.86. The molecular formula is C10H16ClN3O2. The normalized spacial score (nSPS) is 12.6. The van der Waals surface area contributed by atoms with Gasteiger partial charge in [0.25, 0.3) is 0 Å². The lowest BCUT2D eigenvalue weighted by molar-refractivity contribution is 0.249. The summed E-state index contributed by atoms with van der Waals surface area (Å²) in [5.41, 5.74) is 0. The van der Waals surface area contributed by atoms with Crippen molar-refractivity contribution in [2.24, 2.45) is 5.92 Å². The Balaban J connectivity index is 2.86. The molecule has 1 heterocycles. The monoisotopic (exact) mass is 245 g/mol. The Labute approximate surface area is 99.8 Å². The summed E-state index contributed by atoms with van der Waals surface area (Å²) >= 11 is 5.93. The molecule has 2 N–H and O–H groups in total. The van der Waals surface area contributed by atoms with Gasteiger partial charge in [0.2, 0.25) is 0 Å². The van der Waals surface area contributed by atoms with Crippen LogP contribution in [0.3, 0.4) is 0 Å². The predicted molar refractivity (Wildman–Crippen MR) is 62.9 cm³/mol. The molecule has 0 bridgehead atoms. The number of nitrogens with zero attached hydrogens (tertiary/aromatic N) is 2. The Bertz CT molecular complexity index is 347. The number of ether oxygens (including phenoxy) is 1. The lowest BCUT2D eigenvalue weighted by atomic mass is 10.1. The number of halogens is 1. The van der Waals surface area contributed by atoms with Gasteiger partial charge in [-0.25, -0.2) is 4.98 Å². The van der Waals surface area contributed by atoms with E-state index in [9.17, 15) is 5.11 Å². The quantitative estimate of drug-likeness (QED) is 0.824. The molecule has 0 saturated heterocycles. The third kappa shape index (κ3) is 3.21. The molecule has 1 rings (SSSR count). The molecule has 1 unspecified atom stereocenters. The number of aliphatic hydroxyl groups is 1. The molecule has 0 fully saturated rings. The third-order valence-electron chi connectivity index (χ3n) is 2.23. The minimum Gasteiger partial charge on any atom is -0.467 e. The Morgan fingerprint density at radius 2 is 2.25 bits per heavy atom. The van der Waals surface area contributed by atoms with Crippen LogP contribution >= 0.6 is 11.6 Å². The summed E-state index contributed by atoms with van der Waals surface area (Å²) in [5.74, 6) is 0.739. The average Bonchev–Trinajstić information content (AvgIpc) is 2.27. The van der Waals surface area contributed by atoms with Gasteiger partial charge in [0.15, 0.2) is 5.82 Å². The van der Waals surface area contributed by atoms with Crippen LogP contribution < -0.4 is 10.1 Å². The zero-order valence-corrected chi connectivity index (χ0v) is 10.3. The predicted octanol–water partition coefficient (Wildman–Crippen LogP) is 1.57. The third-order valence-corrected chi connectivity index (χ3v) is 2.50. The number of nitrogens with one attached hydrogen (secondary N) is 1. The van der Waals surface area contributed by atoms with Crippen molar-refractivity contribution < 1.29 is 9.84 Å². The Hall–Kier alpha value is -1.07. The SMILES string of the molecule is COc1ncc(Cl)c(NC(CO)C(C)C)n1. The van der Waals surface area contributed by atoms with Gasteiger partial charge in [-0.3, -0.25) is 0 Å². The fraction of sp³-hybridized carbons (Fsp3) is 0.600.